The van der Waals surface area contributed by atoms with Gasteiger partial charge in [-0.15, -0.1) is 0 Å². The first-order valence-corrected chi connectivity index (χ1v) is 9.86. The Morgan fingerprint density at radius 2 is 1.41 bits per heavy atom. The van der Waals surface area contributed by atoms with E-state index < -0.39 is 11.0 Å². The van der Waals surface area contributed by atoms with Gasteiger partial charge < -0.3 is 0 Å². The van der Waals surface area contributed by atoms with Crippen molar-refractivity contribution in [2.24, 2.45) is 10.4 Å². The van der Waals surface area contributed by atoms with E-state index in [1.54, 1.807) is 12.1 Å². The van der Waals surface area contributed by atoms with Gasteiger partial charge in [0.15, 0.2) is 5.78 Å². The van der Waals surface area contributed by atoms with Gasteiger partial charge in [0.25, 0.3) is 0 Å². The maximum absolute atomic E-state index is 13.8. The molecular formula is C26H20ClNO. The molecule has 142 valence electrons. The monoisotopic (exact) mass is 397 g/mol. The maximum atomic E-state index is 13.8. The lowest BCUT2D eigenvalue weighted by Crippen LogP contribution is -2.38. The number of Topliss-reactive ketones (excluding diaryl/α,β-unsaturated/α-hetero) is 1. The van der Waals surface area contributed by atoms with Gasteiger partial charge >= 0.3 is 0 Å². The third-order valence-electron chi connectivity index (χ3n) is 5.24. The van der Waals surface area contributed by atoms with Crippen molar-refractivity contribution in [2.45, 2.75) is 19.4 Å². The molecule has 0 spiro atoms. The van der Waals surface area contributed by atoms with Crippen LogP contribution in [0.2, 0.25) is 5.02 Å². The molecule has 4 rings (SSSR count). The lowest BCUT2D eigenvalue weighted by Gasteiger charge is -2.24. The van der Waals surface area contributed by atoms with Crippen LogP contribution in [0.1, 0.15) is 30.5 Å². The topological polar surface area (TPSA) is 29.4 Å². The second kappa shape index (κ2) is 7.35. The molecule has 1 aliphatic heterocycles. The van der Waals surface area contributed by atoms with Crippen molar-refractivity contribution < 1.29 is 4.79 Å². The Hall–Kier alpha value is -3.15. The Morgan fingerprint density at radius 3 is 2.03 bits per heavy atom. The van der Waals surface area contributed by atoms with E-state index in [9.17, 15) is 4.79 Å². The van der Waals surface area contributed by atoms with Crippen molar-refractivity contribution in [2.75, 3.05) is 0 Å². The number of halogens is 1. The van der Waals surface area contributed by atoms with Gasteiger partial charge in [0.2, 0.25) is 5.54 Å². The van der Waals surface area contributed by atoms with Crippen molar-refractivity contribution in [3.63, 3.8) is 0 Å². The van der Waals surface area contributed by atoms with Gasteiger partial charge in [-0.2, -0.15) is 0 Å². The average Bonchev–Trinajstić information content (AvgIpc) is 2.96. The van der Waals surface area contributed by atoms with Crippen molar-refractivity contribution in [1.82, 2.24) is 0 Å². The highest BCUT2D eigenvalue weighted by Crippen LogP contribution is 2.44. The Labute approximate surface area is 176 Å². The van der Waals surface area contributed by atoms with Crippen LogP contribution in [0, 0.1) is 17.3 Å². The fourth-order valence-corrected chi connectivity index (χ4v) is 3.79. The number of carbonyl (C=O) groups is 1. The van der Waals surface area contributed by atoms with E-state index in [2.05, 4.69) is 11.8 Å². The van der Waals surface area contributed by atoms with E-state index in [1.165, 1.54) is 0 Å². The zero-order chi connectivity index (χ0) is 20.5. The summed E-state index contributed by atoms with van der Waals surface area (Å²) in [7, 11) is 0. The van der Waals surface area contributed by atoms with Crippen molar-refractivity contribution in [3.8, 4) is 11.8 Å². The second-order valence-electron chi connectivity index (χ2n) is 7.61. The summed E-state index contributed by atoms with van der Waals surface area (Å²) in [6.07, 6.45) is 0. The van der Waals surface area contributed by atoms with E-state index in [0.717, 1.165) is 22.4 Å². The fourth-order valence-electron chi connectivity index (χ4n) is 3.67. The molecule has 2 nitrogen and oxygen atoms in total. The molecule has 3 heteroatoms. The predicted molar refractivity (Wildman–Crippen MR) is 118 cm³/mol. The fraction of sp³-hybridized carbons (Fsp3) is 0.154. The molecule has 0 saturated heterocycles. The van der Waals surface area contributed by atoms with Crippen molar-refractivity contribution in [1.29, 1.82) is 0 Å². The van der Waals surface area contributed by atoms with Gasteiger partial charge in [0.1, 0.15) is 0 Å². The highest BCUT2D eigenvalue weighted by Gasteiger charge is 2.54. The van der Waals surface area contributed by atoms with E-state index in [1.807, 2.05) is 86.6 Å². The largest absolute Gasteiger partial charge is 0.294 e. The Bertz CT molecular complexity index is 1140. The third kappa shape index (κ3) is 3.39. The molecule has 0 N–H and O–H groups in total. The van der Waals surface area contributed by atoms with Crippen LogP contribution < -0.4 is 0 Å². The second-order valence-corrected chi connectivity index (χ2v) is 8.05. The number of benzene rings is 3. The number of hydrogen-bond acceptors (Lipinski definition) is 2. The highest BCUT2D eigenvalue weighted by molar-refractivity contribution is 6.30. The molecule has 0 bridgehead atoms. The summed E-state index contributed by atoms with van der Waals surface area (Å²) in [5.41, 5.74) is 1.22. The van der Waals surface area contributed by atoms with Crippen LogP contribution in [-0.4, -0.2) is 11.5 Å². The standard InChI is InChI=1S/C26H20ClNO/c1-25(2)23(20-11-7-4-8-12-20)28-26(24(25)29,21-13-15-22(27)16-14-21)18-17-19-9-5-3-6-10-19/h3-16H,1-2H3. The first-order valence-electron chi connectivity index (χ1n) is 9.48. The average molecular weight is 398 g/mol. The number of aliphatic imine (C=N–C) groups is 1. The number of nitrogens with zero attached hydrogens (tertiary/aromatic N) is 1. The zero-order valence-electron chi connectivity index (χ0n) is 16.3. The van der Waals surface area contributed by atoms with Crippen LogP contribution in [0.5, 0.6) is 0 Å². The van der Waals surface area contributed by atoms with E-state index in [0.29, 0.717) is 5.02 Å². The summed E-state index contributed by atoms with van der Waals surface area (Å²) in [4.78, 5) is 18.8. The molecule has 29 heavy (non-hydrogen) atoms. The molecule has 0 aliphatic carbocycles. The minimum atomic E-state index is -1.27. The van der Waals surface area contributed by atoms with Crippen LogP contribution in [0.15, 0.2) is 89.9 Å². The van der Waals surface area contributed by atoms with Gasteiger partial charge in [-0.25, -0.2) is 0 Å². The number of rotatable bonds is 2. The molecular weight excluding hydrogens is 378 g/mol. The van der Waals surface area contributed by atoms with Crippen molar-refractivity contribution in [3.05, 3.63) is 107 Å². The van der Waals surface area contributed by atoms with Crippen LogP contribution in [-0.2, 0) is 10.3 Å². The first kappa shape index (κ1) is 19.2. The van der Waals surface area contributed by atoms with Crippen LogP contribution in [0.4, 0.5) is 0 Å². The van der Waals surface area contributed by atoms with Gasteiger partial charge in [0, 0.05) is 10.6 Å². The van der Waals surface area contributed by atoms with Crippen LogP contribution in [0.3, 0.4) is 0 Å². The summed E-state index contributed by atoms with van der Waals surface area (Å²) in [5.74, 6) is 6.36. The van der Waals surface area contributed by atoms with Gasteiger partial charge in [0.05, 0.1) is 11.1 Å². The Balaban J connectivity index is 1.95. The molecule has 1 unspecified atom stereocenters. The quantitative estimate of drug-likeness (QED) is 0.511. The molecule has 0 radical (unpaired) electrons. The Kier molecular flexibility index (Phi) is 4.86. The molecule has 0 aromatic heterocycles. The number of carbonyl (C=O) groups excluding carboxylic acids is 1. The summed E-state index contributed by atoms with van der Waals surface area (Å²) < 4.78 is 0. The SMILES string of the molecule is CC1(C)C(=O)C(C#Cc2ccccc2)(c2ccc(Cl)cc2)N=C1c1ccccc1. The van der Waals surface area contributed by atoms with Gasteiger partial charge in [-0.1, -0.05) is 84.1 Å². The number of ketones is 1. The smallest absolute Gasteiger partial charge is 0.205 e. The summed E-state index contributed by atoms with van der Waals surface area (Å²) in [6, 6.07) is 26.7. The molecule has 3 aromatic carbocycles. The third-order valence-corrected chi connectivity index (χ3v) is 5.49. The zero-order valence-corrected chi connectivity index (χ0v) is 17.1. The minimum Gasteiger partial charge on any atom is -0.294 e. The lowest BCUT2D eigenvalue weighted by molar-refractivity contribution is -0.126. The number of hydrogen-bond donors (Lipinski definition) is 0. The molecule has 1 heterocycles. The highest BCUT2D eigenvalue weighted by atomic mass is 35.5. The molecule has 1 atom stereocenters. The molecule has 0 amide bonds. The van der Waals surface area contributed by atoms with E-state index in [-0.39, 0.29) is 5.78 Å². The van der Waals surface area contributed by atoms with Gasteiger partial charge in [-0.05, 0) is 49.2 Å². The lowest BCUT2D eigenvalue weighted by atomic mass is 9.74. The minimum absolute atomic E-state index is 0.0328. The maximum Gasteiger partial charge on any atom is 0.205 e. The summed E-state index contributed by atoms with van der Waals surface area (Å²) in [6.45, 7) is 3.84. The molecule has 3 aromatic rings. The van der Waals surface area contributed by atoms with Crippen LogP contribution in [0.25, 0.3) is 0 Å². The molecule has 1 aliphatic rings. The molecule has 0 fully saturated rings. The first-order chi connectivity index (χ1) is 13.9. The van der Waals surface area contributed by atoms with Gasteiger partial charge in [-0.3, -0.25) is 9.79 Å². The van der Waals surface area contributed by atoms with Crippen molar-refractivity contribution >= 4 is 23.1 Å². The molecule has 0 saturated carbocycles. The van der Waals surface area contributed by atoms with E-state index >= 15 is 0 Å². The Morgan fingerprint density at radius 1 is 0.828 bits per heavy atom. The summed E-state index contributed by atoms with van der Waals surface area (Å²) in [5, 5.41) is 0.608. The van der Waals surface area contributed by atoms with E-state index in [4.69, 9.17) is 16.6 Å². The summed E-state index contributed by atoms with van der Waals surface area (Å²) >= 11 is 6.10. The normalized spacial score (nSPS) is 20.0. The predicted octanol–water partition coefficient (Wildman–Crippen LogP) is 5.69. The van der Waals surface area contributed by atoms with Crippen LogP contribution >= 0.6 is 11.6 Å².